The third-order valence-electron chi connectivity index (χ3n) is 8.40. The fourth-order valence-electron chi connectivity index (χ4n) is 5.17. The van der Waals surface area contributed by atoms with Crippen LogP contribution in [0, 0.1) is 0 Å². The van der Waals surface area contributed by atoms with Gasteiger partial charge in [-0.3, -0.25) is 14.4 Å². The van der Waals surface area contributed by atoms with Crippen molar-refractivity contribution >= 4 is 17.9 Å². The molecule has 0 saturated heterocycles. The first kappa shape index (κ1) is 51.8. The van der Waals surface area contributed by atoms with E-state index in [2.05, 4.69) is 63.3 Å². The van der Waals surface area contributed by atoms with Crippen molar-refractivity contribution in [1.29, 1.82) is 0 Å². The van der Waals surface area contributed by atoms with Crippen molar-refractivity contribution in [3.63, 3.8) is 0 Å². The summed E-state index contributed by atoms with van der Waals surface area (Å²) in [7, 11) is 0. The Balaban J connectivity index is 4.58. The molecule has 0 spiro atoms. The van der Waals surface area contributed by atoms with Gasteiger partial charge in [0, 0.05) is 19.3 Å². The lowest BCUT2D eigenvalue weighted by Crippen LogP contribution is -2.30. The van der Waals surface area contributed by atoms with Crippen molar-refractivity contribution in [2.24, 2.45) is 0 Å². The molecule has 6 nitrogen and oxygen atoms in total. The first-order valence-electron chi connectivity index (χ1n) is 21.7. The lowest BCUT2D eigenvalue weighted by Gasteiger charge is -2.18. The van der Waals surface area contributed by atoms with Crippen LogP contribution in [0.5, 0.6) is 0 Å². The number of unbranched alkanes of at least 4 members (excludes halogenated alkanes) is 12. The van der Waals surface area contributed by atoms with E-state index >= 15 is 0 Å². The van der Waals surface area contributed by atoms with Crippen molar-refractivity contribution < 1.29 is 28.6 Å². The molecule has 0 aromatic rings. The standard InChI is InChI=1S/C50H76O6/c1-4-7-10-13-16-19-22-24-25-27-28-31-34-37-40-43-49(52)55-46-47(45-54-48(51)42-39-36-33-30-21-18-15-12-9-6-3)56-50(53)44-41-38-35-32-29-26-23-20-17-14-11-8-5-2/h7-8,10-11,13-20,22-26,29,32,35,47H,4-6,9,12,21,27-28,30-31,33-34,36-46H2,1-3H3/b10-7-,11-8-,16-13-,17-14-,18-15-,22-19-,23-20-,25-24-,29-26-,35-32-. The Morgan fingerprint density at radius 3 is 1.20 bits per heavy atom. The van der Waals surface area contributed by atoms with E-state index in [-0.39, 0.29) is 31.6 Å². The third kappa shape index (κ3) is 41.0. The van der Waals surface area contributed by atoms with Gasteiger partial charge in [-0.05, 0) is 70.6 Å². The maximum absolute atomic E-state index is 12.7. The molecule has 0 radical (unpaired) electrons. The highest BCUT2D eigenvalue weighted by atomic mass is 16.6. The van der Waals surface area contributed by atoms with Gasteiger partial charge in [0.05, 0.1) is 0 Å². The number of carbonyl (C=O) groups excluding carboxylic acids is 3. The second-order valence-electron chi connectivity index (χ2n) is 13.7. The quantitative estimate of drug-likeness (QED) is 0.0207. The minimum Gasteiger partial charge on any atom is -0.462 e. The van der Waals surface area contributed by atoms with Gasteiger partial charge in [0.15, 0.2) is 6.10 Å². The number of esters is 3. The van der Waals surface area contributed by atoms with Crippen LogP contribution < -0.4 is 0 Å². The summed E-state index contributed by atoms with van der Waals surface area (Å²) in [6.45, 7) is 6.17. The zero-order chi connectivity index (χ0) is 40.8. The third-order valence-corrected chi connectivity index (χ3v) is 8.40. The molecule has 0 aromatic heterocycles. The van der Waals surface area contributed by atoms with E-state index in [1.54, 1.807) is 0 Å². The minimum absolute atomic E-state index is 0.125. The summed E-state index contributed by atoms with van der Waals surface area (Å²) in [5, 5.41) is 0. The van der Waals surface area contributed by atoms with E-state index in [0.29, 0.717) is 19.3 Å². The molecule has 0 N–H and O–H groups in total. The van der Waals surface area contributed by atoms with Crippen molar-refractivity contribution in [2.75, 3.05) is 13.2 Å². The number of allylic oxidation sites excluding steroid dienone is 20. The molecule has 0 bridgehead atoms. The largest absolute Gasteiger partial charge is 0.462 e. The molecule has 1 unspecified atom stereocenters. The molecule has 0 saturated carbocycles. The van der Waals surface area contributed by atoms with Crippen LogP contribution >= 0.6 is 0 Å². The van der Waals surface area contributed by atoms with Crippen molar-refractivity contribution in [2.45, 2.75) is 162 Å². The van der Waals surface area contributed by atoms with Crippen LogP contribution in [-0.4, -0.2) is 37.2 Å². The van der Waals surface area contributed by atoms with Gasteiger partial charge in [-0.1, -0.05) is 187 Å². The zero-order valence-corrected chi connectivity index (χ0v) is 35.3. The van der Waals surface area contributed by atoms with Crippen LogP contribution in [0.4, 0.5) is 0 Å². The van der Waals surface area contributed by atoms with Crippen LogP contribution in [-0.2, 0) is 28.6 Å². The number of hydrogen-bond donors (Lipinski definition) is 0. The topological polar surface area (TPSA) is 78.9 Å². The summed E-state index contributed by atoms with van der Waals surface area (Å²) >= 11 is 0. The maximum atomic E-state index is 12.7. The van der Waals surface area contributed by atoms with Gasteiger partial charge in [0.2, 0.25) is 0 Å². The number of rotatable bonds is 36. The minimum atomic E-state index is -0.830. The van der Waals surface area contributed by atoms with Crippen LogP contribution in [0.3, 0.4) is 0 Å². The van der Waals surface area contributed by atoms with Gasteiger partial charge in [0.1, 0.15) is 13.2 Å². The predicted octanol–water partition coefficient (Wildman–Crippen LogP) is 13.8. The van der Waals surface area contributed by atoms with Gasteiger partial charge in [0.25, 0.3) is 0 Å². The van der Waals surface area contributed by atoms with Crippen LogP contribution in [0.2, 0.25) is 0 Å². The molecular formula is C50H76O6. The fourth-order valence-corrected chi connectivity index (χ4v) is 5.17. The van der Waals surface area contributed by atoms with Crippen LogP contribution in [0.25, 0.3) is 0 Å². The second kappa shape index (κ2) is 43.5. The van der Waals surface area contributed by atoms with E-state index in [1.165, 1.54) is 12.8 Å². The average Bonchev–Trinajstić information content (AvgIpc) is 3.19. The summed E-state index contributed by atoms with van der Waals surface area (Å²) in [6.07, 6.45) is 59.0. The number of ether oxygens (including phenoxy) is 3. The highest BCUT2D eigenvalue weighted by Crippen LogP contribution is 2.11. The van der Waals surface area contributed by atoms with Crippen LogP contribution in [0.1, 0.15) is 156 Å². The van der Waals surface area contributed by atoms with Gasteiger partial charge in [-0.15, -0.1) is 0 Å². The first-order valence-corrected chi connectivity index (χ1v) is 21.7. The zero-order valence-electron chi connectivity index (χ0n) is 35.3. The number of carbonyl (C=O) groups is 3. The molecule has 0 aromatic carbocycles. The SMILES string of the molecule is CC\C=C/C=C\C=C/C=C\C=C/CCCC(=O)OC(COC(=O)CCCCCC/C=C\CCCC)COC(=O)CCCCCCC\C=C/C=C\C=C/C=C\CC. The smallest absolute Gasteiger partial charge is 0.306 e. The molecule has 56 heavy (non-hydrogen) atoms. The molecule has 312 valence electrons. The van der Waals surface area contributed by atoms with E-state index < -0.39 is 12.1 Å². The normalized spacial score (nSPS) is 13.3. The molecule has 0 rings (SSSR count). The molecular weight excluding hydrogens is 697 g/mol. The van der Waals surface area contributed by atoms with Crippen molar-refractivity contribution in [1.82, 2.24) is 0 Å². The molecule has 0 aliphatic carbocycles. The second-order valence-corrected chi connectivity index (χ2v) is 13.7. The highest BCUT2D eigenvalue weighted by Gasteiger charge is 2.19. The van der Waals surface area contributed by atoms with Crippen molar-refractivity contribution in [3.8, 4) is 0 Å². The molecule has 0 aliphatic rings. The van der Waals surface area contributed by atoms with E-state index in [9.17, 15) is 14.4 Å². The van der Waals surface area contributed by atoms with E-state index in [0.717, 1.165) is 96.3 Å². The van der Waals surface area contributed by atoms with Gasteiger partial charge in [-0.25, -0.2) is 0 Å². The van der Waals surface area contributed by atoms with Gasteiger partial charge < -0.3 is 14.2 Å². The Hall–Kier alpha value is -4.19. The molecule has 1 atom stereocenters. The molecule has 0 fully saturated rings. The summed E-state index contributed by atoms with van der Waals surface area (Å²) in [5.41, 5.74) is 0. The lowest BCUT2D eigenvalue weighted by molar-refractivity contribution is -0.167. The highest BCUT2D eigenvalue weighted by molar-refractivity contribution is 5.71. The molecule has 0 amide bonds. The van der Waals surface area contributed by atoms with Gasteiger partial charge in [-0.2, -0.15) is 0 Å². The van der Waals surface area contributed by atoms with Crippen LogP contribution in [0.15, 0.2) is 122 Å². The van der Waals surface area contributed by atoms with E-state index in [1.807, 2.05) is 79.0 Å². The number of hydrogen-bond acceptors (Lipinski definition) is 6. The van der Waals surface area contributed by atoms with Gasteiger partial charge >= 0.3 is 17.9 Å². The monoisotopic (exact) mass is 773 g/mol. The van der Waals surface area contributed by atoms with Crippen molar-refractivity contribution in [3.05, 3.63) is 122 Å². The summed E-state index contributed by atoms with van der Waals surface area (Å²) in [4.78, 5) is 37.6. The Morgan fingerprint density at radius 1 is 0.375 bits per heavy atom. The fraction of sp³-hybridized carbons (Fsp3) is 0.540. The predicted molar refractivity (Wildman–Crippen MR) is 237 cm³/mol. The Kier molecular flexibility index (Phi) is 40.3. The lowest BCUT2D eigenvalue weighted by atomic mass is 10.1. The Morgan fingerprint density at radius 2 is 0.732 bits per heavy atom. The summed E-state index contributed by atoms with van der Waals surface area (Å²) < 4.78 is 16.6. The van der Waals surface area contributed by atoms with E-state index in [4.69, 9.17) is 14.2 Å². The molecule has 0 aliphatic heterocycles. The Labute approximate surface area is 342 Å². The average molecular weight is 773 g/mol. The Bertz CT molecular complexity index is 1260. The summed E-state index contributed by atoms with van der Waals surface area (Å²) in [6, 6.07) is 0. The molecule has 0 heterocycles. The summed E-state index contributed by atoms with van der Waals surface area (Å²) in [5.74, 6) is -1.05. The molecule has 6 heteroatoms. The first-order chi connectivity index (χ1) is 27.5. The maximum Gasteiger partial charge on any atom is 0.306 e.